The predicted octanol–water partition coefficient (Wildman–Crippen LogP) is 5.96. The number of rotatable bonds is 4. The summed E-state index contributed by atoms with van der Waals surface area (Å²) in [5.41, 5.74) is 5.98. The van der Waals surface area contributed by atoms with Crippen LogP contribution in [0.25, 0.3) is 27.4 Å². The molecule has 2 heterocycles. The number of hydrogen-bond acceptors (Lipinski definition) is 4. The molecule has 2 aromatic heterocycles. The van der Waals surface area contributed by atoms with Crippen LogP contribution in [0.1, 0.15) is 29.5 Å². The molecular formula is C25H24N2O3. The number of fused-ring (bicyclic) bond motifs is 2. The second-order valence-corrected chi connectivity index (χ2v) is 7.48. The minimum absolute atomic E-state index is 0.203. The van der Waals surface area contributed by atoms with Gasteiger partial charge >= 0.3 is 0 Å². The Balaban J connectivity index is 1.70. The third kappa shape index (κ3) is 3.54. The van der Waals surface area contributed by atoms with Gasteiger partial charge in [-0.3, -0.25) is 9.78 Å². The first-order chi connectivity index (χ1) is 14.4. The van der Waals surface area contributed by atoms with E-state index in [1.54, 1.807) is 13.2 Å². The maximum atomic E-state index is 12.8. The van der Waals surface area contributed by atoms with E-state index < -0.39 is 0 Å². The topological polar surface area (TPSA) is 64.4 Å². The van der Waals surface area contributed by atoms with Crippen molar-refractivity contribution in [2.75, 3.05) is 12.4 Å². The van der Waals surface area contributed by atoms with Crippen molar-refractivity contribution in [1.29, 1.82) is 0 Å². The van der Waals surface area contributed by atoms with Crippen molar-refractivity contribution in [2.45, 2.75) is 27.7 Å². The van der Waals surface area contributed by atoms with E-state index in [-0.39, 0.29) is 5.91 Å². The van der Waals surface area contributed by atoms with Crippen LogP contribution in [0.3, 0.4) is 0 Å². The predicted molar refractivity (Wildman–Crippen MR) is 121 cm³/mol. The Morgan fingerprint density at radius 2 is 1.87 bits per heavy atom. The molecule has 2 aromatic carbocycles. The number of allylic oxidation sites excluding steroid dienone is 1. The SMILES string of the molecule is COc1cc2oc(C)c(C)c2cc1/C(C)=C/C(=O)Nc1cc(C)nc2ccccc12. The van der Waals surface area contributed by atoms with Crippen LogP contribution in [0.15, 0.2) is 53.0 Å². The molecule has 4 rings (SSSR count). The Morgan fingerprint density at radius 3 is 2.63 bits per heavy atom. The van der Waals surface area contributed by atoms with E-state index in [1.807, 2.05) is 70.2 Å². The molecule has 0 aliphatic heterocycles. The first kappa shape index (κ1) is 19.7. The molecule has 5 heteroatoms. The zero-order chi connectivity index (χ0) is 21.4. The van der Waals surface area contributed by atoms with E-state index in [0.717, 1.165) is 55.7 Å². The lowest BCUT2D eigenvalue weighted by Gasteiger charge is -2.11. The fourth-order valence-corrected chi connectivity index (χ4v) is 3.70. The highest BCUT2D eigenvalue weighted by Gasteiger charge is 2.14. The molecule has 0 bridgehead atoms. The number of ether oxygens (including phenoxy) is 1. The molecule has 0 saturated heterocycles. The van der Waals surface area contributed by atoms with E-state index in [2.05, 4.69) is 10.3 Å². The van der Waals surface area contributed by atoms with Crippen LogP contribution in [0.5, 0.6) is 5.75 Å². The first-order valence-electron chi connectivity index (χ1n) is 9.81. The van der Waals surface area contributed by atoms with Crippen molar-refractivity contribution in [2.24, 2.45) is 0 Å². The summed E-state index contributed by atoms with van der Waals surface area (Å²) in [5, 5.41) is 4.93. The molecule has 4 aromatic rings. The van der Waals surface area contributed by atoms with Gasteiger partial charge in [-0.05, 0) is 57.0 Å². The molecule has 152 valence electrons. The van der Waals surface area contributed by atoms with Crippen molar-refractivity contribution in [3.8, 4) is 5.75 Å². The van der Waals surface area contributed by atoms with Crippen molar-refractivity contribution < 1.29 is 13.9 Å². The number of amides is 1. The lowest BCUT2D eigenvalue weighted by Crippen LogP contribution is -2.09. The summed E-state index contributed by atoms with van der Waals surface area (Å²) in [6.45, 7) is 7.79. The first-order valence-corrected chi connectivity index (χ1v) is 9.81. The summed E-state index contributed by atoms with van der Waals surface area (Å²) in [6.07, 6.45) is 1.59. The lowest BCUT2D eigenvalue weighted by atomic mass is 10.0. The van der Waals surface area contributed by atoms with E-state index in [4.69, 9.17) is 9.15 Å². The second kappa shape index (κ2) is 7.67. The van der Waals surface area contributed by atoms with Gasteiger partial charge in [-0.2, -0.15) is 0 Å². The monoisotopic (exact) mass is 400 g/mol. The van der Waals surface area contributed by atoms with E-state index in [0.29, 0.717) is 5.75 Å². The highest BCUT2D eigenvalue weighted by atomic mass is 16.5. The molecule has 0 radical (unpaired) electrons. The van der Waals surface area contributed by atoms with Gasteiger partial charge in [0.05, 0.1) is 18.3 Å². The number of para-hydroxylation sites is 1. The number of nitrogens with zero attached hydrogens (tertiary/aromatic N) is 1. The van der Waals surface area contributed by atoms with Gasteiger partial charge in [0.25, 0.3) is 0 Å². The molecule has 5 nitrogen and oxygen atoms in total. The van der Waals surface area contributed by atoms with Crippen molar-refractivity contribution in [1.82, 2.24) is 4.98 Å². The fourth-order valence-electron chi connectivity index (χ4n) is 3.70. The molecule has 1 amide bonds. The minimum atomic E-state index is -0.203. The van der Waals surface area contributed by atoms with Crippen LogP contribution in [0.4, 0.5) is 5.69 Å². The van der Waals surface area contributed by atoms with Crippen LogP contribution in [0.2, 0.25) is 0 Å². The van der Waals surface area contributed by atoms with Gasteiger partial charge in [-0.25, -0.2) is 0 Å². The molecule has 0 spiro atoms. The Kier molecular flexibility index (Phi) is 5.04. The molecule has 1 N–H and O–H groups in total. The van der Waals surface area contributed by atoms with Crippen LogP contribution in [-0.4, -0.2) is 18.0 Å². The summed E-state index contributed by atoms with van der Waals surface area (Å²) < 4.78 is 11.4. The molecule has 0 aliphatic rings. The highest BCUT2D eigenvalue weighted by Crippen LogP contribution is 2.35. The normalized spacial score (nSPS) is 11.8. The molecule has 0 saturated carbocycles. The number of aromatic nitrogens is 1. The molecule has 30 heavy (non-hydrogen) atoms. The zero-order valence-corrected chi connectivity index (χ0v) is 17.8. The van der Waals surface area contributed by atoms with Gasteiger partial charge in [0, 0.05) is 34.2 Å². The third-order valence-corrected chi connectivity index (χ3v) is 5.37. The maximum Gasteiger partial charge on any atom is 0.248 e. The van der Waals surface area contributed by atoms with Gasteiger partial charge in [-0.1, -0.05) is 18.2 Å². The van der Waals surface area contributed by atoms with Crippen LogP contribution in [0, 0.1) is 20.8 Å². The Morgan fingerprint density at radius 1 is 1.10 bits per heavy atom. The van der Waals surface area contributed by atoms with Gasteiger partial charge in [0.1, 0.15) is 17.1 Å². The van der Waals surface area contributed by atoms with Gasteiger partial charge in [-0.15, -0.1) is 0 Å². The van der Waals surface area contributed by atoms with Crippen molar-refractivity contribution >= 4 is 39.0 Å². The fraction of sp³-hybridized carbons (Fsp3) is 0.200. The number of methoxy groups -OCH3 is 1. The van der Waals surface area contributed by atoms with Gasteiger partial charge < -0.3 is 14.5 Å². The molecule has 0 unspecified atom stereocenters. The summed E-state index contributed by atoms with van der Waals surface area (Å²) in [6, 6.07) is 13.5. The van der Waals surface area contributed by atoms with Crippen LogP contribution >= 0.6 is 0 Å². The zero-order valence-electron chi connectivity index (χ0n) is 17.8. The number of furan rings is 1. The van der Waals surface area contributed by atoms with Gasteiger partial charge in [0.2, 0.25) is 5.91 Å². The third-order valence-electron chi connectivity index (χ3n) is 5.37. The standard InChI is InChI=1S/C25H24N2O3/c1-14(19-12-20-16(3)17(4)30-24(20)13-23(19)29-5)10-25(28)27-22-11-15(2)26-21-9-7-6-8-18(21)22/h6-13H,1-5H3,(H,26,27,28)/b14-10+. The van der Waals surface area contributed by atoms with Crippen molar-refractivity contribution in [3.63, 3.8) is 0 Å². The van der Waals surface area contributed by atoms with Crippen LogP contribution < -0.4 is 10.1 Å². The average Bonchev–Trinajstić information content (AvgIpc) is 2.99. The number of carbonyl (C=O) groups excluding carboxylic acids is 1. The maximum absolute atomic E-state index is 12.8. The summed E-state index contributed by atoms with van der Waals surface area (Å²) in [7, 11) is 1.62. The Bertz CT molecular complexity index is 1320. The Hall–Kier alpha value is -3.60. The van der Waals surface area contributed by atoms with E-state index >= 15 is 0 Å². The number of aryl methyl sites for hydroxylation is 3. The lowest BCUT2D eigenvalue weighted by molar-refractivity contribution is -0.111. The molecule has 0 fully saturated rings. The summed E-state index contributed by atoms with van der Waals surface area (Å²) in [5.74, 6) is 1.34. The summed E-state index contributed by atoms with van der Waals surface area (Å²) >= 11 is 0. The molecule has 0 atom stereocenters. The number of benzene rings is 2. The average molecular weight is 400 g/mol. The van der Waals surface area contributed by atoms with E-state index in [9.17, 15) is 4.79 Å². The number of pyridine rings is 1. The number of nitrogens with one attached hydrogen (secondary N) is 1. The van der Waals surface area contributed by atoms with Crippen molar-refractivity contribution in [3.05, 3.63) is 71.1 Å². The number of carbonyl (C=O) groups is 1. The quantitative estimate of drug-likeness (QED) is 0.430. The van der Waals surface area contributed by atoms with Gasteiger partial charge in [0.15, 0.2) is 0 Å². The summed E-state index contributed by atoms with van der Waals surface area (Å²) in [4.78, 5) is 17.3. The minimum Gasteiger partial charge on any atom is -0.496 e. The highest BCUT2D eigenvalue weighted by molar-refractivity contribution is 6.08. The molecular weight excluding hydrogens is 376 g/mol. The van der Waals surface area contributed by atoms with E-state index in [1.165, 1.54) is 0 Å². The number of hydrogen-bond donors (Lipinski definition) is 1. The van der Waals surface area contributed by atoms with Crippen LogP contribution in [-0.2, 0) is 4.79 Å². The second-order valence-electron chi connectivity index (χ2n) is 7.48. The smallest absolute Gasteiger partial charge is 0.248 e. The Labute approximate surface area is 175 Å². The number of anilines is 1. The molecule has 0 aliphatic carbocycles. The largest absolute Gasteiger partial charge is 0.496 e.